The Morgan fingerprint density at radius 2 is 1.70 bits per heavy atom. The fourth-order valence-electron chi connectivity index (χ4n) is 2.74. The first-order valence-corrected chi connectivity index (χ1v) is 9.72. The van der Waals surface area contributed by atoms with E-state index in [9.17, 15) is 9.59 Å². The Labute approximate surface area is 170 Å². The van der Waals surface area contributed by atoms with E-state index in [4.69, 9.17) is 27.9 Å². The standard InChI is InChI=1S/C22H24Cl2O3/c1-4-27-21(26)22(2,3)11-10-17(25)12-16-13-20(24)18(14-19(16)23)15-8-6-5-7-9-15/h5-9,13-14H,4,10-12H2,1-3H3. The van der Waals surface area contributed by atoms with E-state index >= 15 is 0 Å². The zero-order chi connectivity index (χ0) is 20.0. The molecule has 0 aliphatic rings. The highest BCUT2D eigenvalue weighted by Gasteiger charge is 2.29. The second-order valence-electron chi connectivity index (χ2n) is 7.11. The second-order valence-corrected chi connectivity index (χ2v) is 7.92. The van der Waals surface area contributed by atoms with Gasteiger partial charge in [-0.05, 0) is 50.5 Å². The molecule has 0 aromatic heterocycles. The molecule has 0 saturated carbocycles. The van der Waals surface area contributed by atoms with Crippen LogP contribution in [0.5, 0.6) is 0 Å². The van der Waals surface area contributed by atoms with Crippen molar-refractivity contribution in [2.75, 3.05) is 6.61 Å². The van der Waals surface area contributed by atoms with Crippen LogP contribution in [0, 0.1) is 5.41 Å². The van der Waals surface area contributed by atoms with E-state index in [1.807, 2.05) is 30.3 Å². The summed E-state index contributed by atoms with van der Waals surface area (Å²) in [7, 11) is 0. The van der Waals surface area contributed by atoms with Crippen molar-refractivity contribution in [1.82, 2.24) is 0 Å². The van der Waals surface area contributed by atoms with Gasteiger partial charge in [0.05, 0.1) is 12.0 Å². The molecule has 27 heavy (non-hydrogen) atoms. The van der Waals surface area contributed by atoms with E-state index in [0.717, 1.165) is 11.1 Å². The third kappa shape index (κ3) is 5.82. The van der Waals surface area contributed by atoms with Crippen molar-refractivity contribution in [3.63, 3.8) is 0 Å². The largest absolute Gasteiger partial charge is 0.466 e. The van der Waals surface area contributed by atoms with Crippen LogP contribution in [0.3, 0.4) is 0 Å². The van der Waals surface area contributed by atoms with Crippen molar-refractivity contribution in [3.8, 4) is 11.1 Å². The van der Waals surface area contributed by atoms with Crippen molar-refractivity contribution in [1.29, 1.82) is 0 Å². The summed E-state index contributed by atoms with van der Waals surface area (Å²) in [5, 5.41) is 1.07. The van der Waals surface area contributed by atoms with Crippen LogP contribution in [0.2, 0.25) is 10.0 Å². The molecule has 2 aromatic rings. The molecule has 0 fully saturated rings. The SMILES string of the molecule is CCOC(=O)C(C)(C)CCC(=O)Cc1cc(Cl)c(-c2ccccc2)cc1Cl. The maximum atomic E-state index is 12.4. The van der Waals surface area contributed by atoms with Crippen LogP contribution in [0.15, 0.2) is 42.5 Å². The number of hydrogen-bond acceptors (Lipinski definition) is 3. The number of halogens is 2. The van der Waals surface area contributed by atoms with E-state index in [-0.39, 0.29) is 24.6 Å². The highest BCUT2D eigenvalue weighted by Crippen LogP contribution is 2.33. The molecule has 0 N–H and O–H groups in total. The normalized spacial score (nSPS) is 11.3. The Morgan fingerprint density at radius 1 is 1.04 bits per heavy atom. The van der Waals surface area contributed by atoms with Crippen LogP contribution >= 0.6 is 23.2 Å². The van der Waals surface area contributed by atoms with Gasteiger partial charge in [-0.3, -0.25) is 9.59 Å². The average molecular weight is 407 g/mol. The van der Waals surface area contributed by atoms with Gasteiger partial charge in [-0.2, -0.15) is 0 Å². The average Bonchev–Trinajstić information content (AvgIpc) is 2.64. The number of ether oxygens (including phenoxy) is 1. The topological polar surface area (TPSA) is 43.4 Å². The van der Waals surface area contributed by atoms with Crippen molar-refractivity contribution in [3.05, 3.63) is 58.1 Å². The van der Waals surface area contributed by atoms with E-state index in [2.05, 4.69) is 0 Å². The Balaban J connectivity index is 2.06. The van der Waals surface area contributed by atoms with Crippen LogP contribution in [0.4, 0.5) is 0 Å². The highest BCUT2D eigenvalue weighted by atomic mass is 35.5. The van der Waals surface area contributed by atoms with Crippen LogP contribution in [-0.2, 0) is 20.7 Å². The van der Waals surface area contributed by atoms with Gasteiger partial charge < -0.3 is 4.74 Å². The molecule has 0 heterocycles. The van der Waals surface area contributed by atoms with Crippen molar-refractivity contribution >= 4 is 35.0 Å². The molecule has 0 amide bonds. The van der Waals surface area contributed by atoms with Gasteiger partial charge in [0.25, 0.3) is 0 Å². The van der Waals surface area contributed by atoms with Gasteiger partial charge in [0.15, 0.2) is 0 Å². The molecule has 0 bridgehead atoms. The predicted molar refractivity (Wildman–Crippen MR) is 110 cm³/mol. The molecule has 0 atom stereocenters. The number of benzene rings is 2. The number of rotatable bonds is 8. The van der Waals surface area contributed by atoms with Crippen molar-refractivity contribution in [2.24, 2.45) is 5.41 Å². The van der Waals surface area contributed by atoms with E-state index in [0.29, 0.717) is 28.6 Å². The Hall–Kier alpha value is -1.84. The lowest BCUT2D eigenvalue weighted by Gasteiger charge is -2.21. The maximum absolute atomic E-state index is 12.4. The first kappa shape index (κ1) is 21.5. The first-order valence-electron chi connectivity index (χ1n) is 8.97. The summed E-state index contributed by atoms with van der Waals surface area (Å²) >= 11 is 12.8. The summed E-state index contributed by atoms with van der Waals surface area (Å²) in [6, 6.07) is 13.3. The molecule has 5 heteroatoms. The van der Waals surface area contributed by atoms with Gasteiger partial charge in [0.2, 0.25) is 0 Å². The molecule has 0 spiro atoms. The number of Topliss-reactive ketones (excluding diaryl/α,β-unsaturated/α-hetero) is 1. The lowest BCUT2D eigenvalue weighted by Crippen LogP contribution is -2.27. The van der Waals surface area contributed by atoms with E-state index < -0.39 is 5.41 Å². The smallest absolute Gasteiger partial charge is 0.311 e. The van der Waals surface area contributed by atoms with Crippen molar-refractivity contribution in [2.45, 2.75) is 40.0 Å². The molecule has 3 nitrogen and oxygen atoms in total. The van der Waals surface area contributed by atoms with Gasteiger partial charge >= 0.3 is 5.97 Å². The fraction of sp³-hybridized carbons (Fsp3) is 0.364. The Bertz CT molecular complexity index is 814. The molecule has 2 aromatic carbocycles. The molecule has 0 aliphatic carbocycles. The van der Waals surface area contributed by atoms with E-state index in [1.54, 1.807) is 32.9 Å². The summed E-state index contributed by atoms with van der Waals surface area (Å²) in [5.74, 6) is -0.274. The third-order valence-electron chi connectivity index (χ3n) is 4.47. The quantitative estimate of drug-likeness (QED) is 0.494. The molecular weight excluding hydrogens is 383 g/mol. The van der Waals surface area contributed by atoms with E-state index in [1.165, 1.54) is 0 Å². The lowest BCUT2D eigenvalue weighted by atomic mass is 9.86. The summed E-state index contributed by atoms with van der Waals surface area (Å²) in [6.07, 6.45) is 0.894. The minimum Gasteiger partial charge on any atom is -0.466 e. The summed E-state index contributed by atoms with van der Waals surface area (Å²) < 4.78 is 5.06. The number of hydrogen-bond donors (Lipinski definition) is 0. The molecule has 0 saturated heterocycles. The summed E-state index contributed by atoms with van der Waals surface area (Å²) in [4.78, 5) is 24.3. The fourth-order valence-corrected chi connectivity index (χ4v) is 3.27. The monoisotopic (exact) mass is 406 g/mol. The van der Waals surface area contributed by atoms with Crippen molar-refractivity contribution < 1.29 is 14.3 Å². The number of ketones is 1. The summed E-state index contributed by atoms with van der Waals surface area (Å²) in [6.45, 7) is 5.68. The second kappa shape index (κ2) is 9.38. The summed E-state index contributed by atoms with van der Waals surface area (Å²) in [5.41, 5.74) is 1.81. The third-order valence-corrected chi connectivity index (χ3v) is 5.13. The molecule has 0 aliphatic heterocycles. The minimum atomic E-state index is -0.690. The maximum Gasteiger partial charge on any atom is 0.311 e. The number of carbonyl (C=O) groups is 2. The molecule has 0 unspecified atom stereocenters. The molecule has 2 rings (SSSR count). The van der Waals surface area contributed by atoms with Crippen LogP contribution in [0.25, 0.3) is 11.1 Å². The minimum absolute atomic E-state index is 0.0119. The zero-order valence-corrected chi connectivity index (χ0v) is 17.4. The zero-order valence-electron chi connectivity index (χ0n) is 15.9. The Morgan fingerprint density at radius 3 is 2.33 bits per heavy atom. The Kier molecular flexibility index (Phi) is 7.46. The number of esters is 1. The highest BCUT2D eigenvalue weighted by molar-refractivity contribution is 6.36. The molecule has 0 radical (unpaired) electrons. The van der Waals surface area contributed by atoms with Gasteiger partial charge in [-0.25, -0.2) is 0 Å². The number of carbonyl (C=O) groups excluding carboxylic acids is 2. The van der Waals surface area contributed by atoms with Gasteiger partial charge in [0.1, 0.15) is 5.78 Å². The van der Waals surface area contributed by atoms with Gasteiger partial charge in [-0.15, -0.1) is 0 Å². The molecule has 144 valence electrons. The molecular formula is C22H24Cl2O3. The van der Waals surface area contributed by atoms with Crippen LogP contribution in [-0.4, -0.2) is 18.4 Å². The van der Waals surface area contributed by atoms with Gasteiger partial charge in [0, 0.05) is 28.5 Å². The first-order chi connectivity index (χ1) is 12.7. The van der Waals surface area contributed by atoms with Crippen LogP contribution in [0.1, 0.15) is 39.2 Å². The predicted octanol–water partition coefficient (Wildman–Crippen LogP) is 6.14. The van der Waals surface area contributed by atoms with Gasteiger partial charge in [-0.1, -0.05) is 53.5 Å². The van der Waals surface area contributed by atoms with Crippen LogP contribution < -0.4 is 0 Å². The lowest BCUT2D eigenvalue weighted by molar-refractivity contribution is -0.153.